The summed E-state index contributed by atoms with van der Waals surface area (Å²) in [4.78, 5) is 27.3. The van der Waals surface area contributed by atoms with E-state index in [4.69, 9.17) is 4.42 Å². The molecule has 2 atom stereocenters. The van der Waals surface area contributed by atoms with E-state index < -0.39 is 0 Å². The highest BCUT2D eigenvalue weighted by Gasteiger charge is 2.42. The third kappa shape index (κ3) is 3.49. The fourth-order valence-electron chi connectivity index (χ4n) is 4.47. The van der Waals surface area contributed by atoms with Crippen molar-refractivity contribution in [3.63, 3.8) is 0 Å². The maximum atomic E-state index is 12.8. The van der Waals surface area contributed by atoms with Gasteiger partial charge in [-0.15, -0.1) is 10.2 Å². The molecule has 2 aliphatic rings. The zero-order chi connectivity index (χ0) is 20.5. The highest BCUT2D eigenvalue weighted by Crippen LogP contribution is 2.38. The van der Waals surface area contributed by atoms with Crippen molar-refractivity contribution >= 4 is 11.8 Å². The van der Waals surface area contributed by atoms with Crippen LogP contribution in [-0.4, -0.2) is 44.6 Å². The van der Waals surface area contributed by atoms with Gasteiger partial charge in [-0.25, -0.2) is 0 Å². The monoisotopic (exact) mass is 405 g/mol. The zero-order valence-corrected chi connectivity index (χ0v) is 16.5. The van der Waals surface area contributed by atoms with Gasteiger partial charge in [0.25, 0.3) is 5.91 Å². The number of carbonyl (C=O) groups is 2. The average Bonchev–Trinajstić information content (AvgIpc) is 3.51. The molecule has 3 aromatic rings. The topological polar surface area (TPSA) is 93.3 Å². The highest BCUT2D eigenvalue weighted by molar-refractivity contribution is 5.90. The molecule has 0 bridgehead atoms. The molecule has 8 heteroatoms. The predicted octanol–water partition coefficient (Wildman–Crippen LogP) is 1.99. The number of nitrogens with zero attached hydrogens (tertiary/aromatic N) is 4. The molecule has 0 unspecified atom stereocenters. The number of nitrogens with one attached hydrogen (secondary N) is 1. The quantitative estimate of drug-likeness (QED) is 0.701. The van der Waals surface area contributed by atoms with Gasteiger partial charge >= 0.3 is 0 Å². The number of furan rings is 1. The largest absolute Gasteiger partial charge is 0.467 e. The smallest absolute Gasteiger partial charge is 0.289 e. The first-order valence-corrected chi connectivity index (χ1v) is 10.2. The molecule has 0 saturated carbocycles. The Morgan fingerprint density at radius 3 is 2.77 bits per heavy atom. The van der Waals surface area contributed by atoms with Crippen LogP contribution in [0.25, 0.3) is 0 Å². The van der Waals surface area contributed by atoms with Crippen LogP contribution in [0.15, 0.2) is 53.1 Å². The van der Waals surface area contributed by atoms with Gasteiger partial charge in [0.2, 0.25) is 11.7 Å². The summed E-state index contributed by atoms with van der Waals surface area (Å²) < 4.78 is 7.16. The first-order chi connectivity index (χ1) is 14.7. The van der Waals surface area contributed by atoms with Gasteiger partial charge in [-0.05, 0) is 30.0 Å². The van der Waals surface area contributed by atoms with Gasteiger partial charge in [0.15, 0.2) is 0 Å². The molecule has 2 amide bonds. The summed E-state index contributed by atoms with van der Waals surface area (Å²) in [6.45, 7) is 2.36. The lowest BCUT2D eigenvalue weighted by Crippen LogP contribution is -2.30. The average molecular weight is 405 g/mol. The number of hydrogen-bond acceptors (Lipinski definition) is 5. The minimum absolute atomic E-state index is 0.123. The van der Waals surface area contributed by atoms with Crippen LogP contribution in [0.5, 0.6) is 0 Å². The number of rotatable bonds is 5. The molecule has 1 aromatic carbocycles. The van der Waals surface area contributed by atoms with Crippen molar-refractivity contribution in [2.75, 3.05) is 13.1 Å². The fourth-order valence-corrected chi connectivity index (χ4v) is 4.47. The van der Waals surface area contributed by atoms with Gasteiger partial charge in [-0.1, -0.05) is 30.3 Å². The molecule has 4 heterocycles. The molecular weight excluding hydrogens is 382 g/mol. The molecule has 8 nitrogen and oxygen atoms in total. The van der Waals surface area contributed by atoms with Crippen LogP contribution in [0, 0.1) is 5.92 Å². The Morgan fingerprint density at radius 2 is 1.97 bits per heavy atom. The lowest BCUT2D eigenvalue weighted by Gasteiger charge is -2.24. The van der Waals surface area contributed by atoms with E-state index in [0.29, 0.717) is 43.6 Å². The van der Waals surface area contributed by atoms with Gasteiger partial charge in [-0.2, -0.15) is 0 Å². The lowest BCUT2D eigenvalue weighted by atomic mass is 9.89. The van der Waals surface area contributed by atoms with E-state index in [2.05, 4.69) is 15.5 Å². The van der Waals surface area contributed by atoms with E-state index in [0.717, 1.165) is 24.4 Å². The van der Waals surface area contributed by atoms with Crippen molar-refractivity contribution < 1.29 is 14.0 Å². The second-order valence-corrected chi connectivity index (χ2v) is 7.91. The van der Waals surface area contributed by atoms with Crippen molar-refractivity contribution in [1.82, 2.24) is 25.0 Å². The number of likely N-dealkylation sites (tertiary alicyclic amines) is 1. The van der Waals surface area contributed by atoms with Gasteiger partial charge in [0.1, 0.15) is 11.6 Å². The highest BCUT2D eigenvalue weighted by atomic mass is 16.3. The normalized spacial score (nSPS) is 19.9. The van der Waals surface area contributed by atoms with Crippen molar-refractivity contribution in [3.05, 3.63) is 71.7 Å². The van der Waals surface area contributed by atoms with Crippen LogP contribution in [0.1, 0.15) is 40.1 Å². The van der Waals surface area contributed by atoms with Crippen LogP contribution >= 0.6 is 0 Å². The minimum atomic E-state index is -0.265. The Morgan fingerprint density at radius 1 is 1.10 bits per heavy atom. The summed E-state index contributed by atoms with van der Waals surface area (Å²) in [5.74, 6) is 2.17. The van der Waals surface area contributed by atoms with Gasteiger partial charge in [-0.3, -0.25) is 9.59 Å². The van der Waals surface area contributed by atoms with Gasteiger partial charge in [0, 0.05) is 25.6 Å². The summed E-state index contributed by atoms with van der Waals surface area (Å²) in [5.41, 5.74) is 1.02. The summed E-state index contributed by atoms with van der Waals surface area (Å²) in [7, 11) is 0. The van der Waals surface area contributed by atoms with E-state index in [1.54, 1.807) is 12.3 Å². The third-order valence-electron chi connectivity index (χ3n) is 6.03. The number of amides is 2. The zero-order valence-electron chi connectivity index (χ0n) is 16.5. The van der Waals surface area contributed by atoms with Crippen LogP contribution in [0.3, 0.4) is 0 Å². The summed E-state index contributed by atoms with van der Waals surface area (Å²) >= 11 is 0. The Hall–Kier alpha value is -3.42. The minimum Gasteiger partial charge on any atom is -0.467 e. The number of carbonyl (C=O) groups excluding carboxylic acids is 2. The van der Waals surface area contributed by atoms with E-state index in [9.17, 15) is 9.59 Å². The number of fused-ring (bicyclic) bond motifs is 3. The van der Waals surface area contributed by atoms with Crippen LogP contribution in [0.2, 0.25) is 0 Å². The molecule has 0 radical (unpaired) electrons. The summed E-state index contributed by atoms with van der Waals surface area (Å²) in [6, 6.07) is 13.4. The maximum absolute atomic E-state index is 12.8. The van der Waals surface area contributed by atoms with E-state index in [1.165, 1.54) is 0 Å². The number of hydrogen-bond donors (Lipinski definition) is 1. The fraction of sp³-hybridized carbons (Fsp3) is 0.364. The molecule has 30 heavy (non-hydrogen) atoms. The van der Waals surface area contributed by atoms with Gasteiger partial charge in [0.05, 0.1) is 19.2 Å². The molecule has 0 spiro atoms. The molecule has 5 rings (SSSR count). The maximum Gasteiger partial charge on any atom is 0.289 e. The van der Waals surface area contributed by atoms with Crippen molar-refractivity contribution in [1.29, 1.82) is 0 Å². The SMILES string of the molecule is O=C(NCc1ccco1)c1nnc2n1CC[C@@H]1CN(C(=O)Cc3ccccc3)C[C@@H]21. The summed E-state index contributed by atoms with van der Waals surface area (Å²) in [6.07, 6.45) is 2.89. The second kappa shape index (κ2) is 7.78. The second-order valence-electron chi connectivity index (χ2n) is 7.91. The molecule has 2 aromatic heterocycles. The lowest BCUT2D eigenvalue weighted by molar-refractivity contribution is -0.129. The molecular formula is C22H23N5O3. The first-order valence-electron chi connectivity index (χ1n) is 10.2. The van der Waals surface area contributed by atoms with Crippen molar-refractivity contribution in [2.24, 2.45) is 5.92 Å². The Balaban J connectivity index is 1.27. The Labute approximate surface area is 173 Å². The molecule has 2 aliphatic heterocycles. The van der Waals surface area contributed by atoms with E-state index in [-0.39, 0.29) is 17.7 Å². The van der Waals surface area contributed by atoms with Crippen LogP contribution in [0.4, 0.5) is 0 Å². The van der Waals surface area contributed by atoms with Gasteiger partial charge < -0.3 is 19.2 Å². The van der Waals surface area contributed by atoms with Crippen LogP contribution < -0.4 is 5.32 Å². The molecule has 1 fully saturated rings. The Kier molecular flexibility index (Phi) is 4.82. The van der Waals surface area contributed by atoms with Crippen molar-refractivity contribution in [2.45, 2.75) is 31.8 Å². The molecule has 154 valence electrons. The molecule has 1 saturated heterocycles. The van der Waals surface area contributed by atoms with Crippen molar-refractivity contribution in [3.8, 4) is 0 Å². The summed E-state index contributed by atoms with van der Waals surface area (Å²) in [5, 5.41) is 11.3. The third-order valence-corrected chi connectivity index (χ3v) is 6.03. The molecule has 0 aliphatic carbocycles. The standard InChI is InChI=1S/C22H23N5O3/c28-19(11-15-5-2-1-3-6-15)26-13-16-8-9-27-20(18(16)14-26)24-25-21(27)22(29)23-12-17-7-4-10-30-17/h1-7,10,16,18H,8-9,11-14H2,(H,23,29)/t16-,18-/m1/s1. The number of aromatic nitrogens is 3. The predicted molar refractivity (Wildman–Crippen MR) is 107 cm³/mol. The van der Waals surface area contributed by atoms with E-state index in [1.807, 2.05) is 45.9 Å². The Bertz CT molecular complexity index is 1040. The first kappa shape index (κ1) is 18.6. The number of benzene rings is 1. The molecule has 1 N–H and O–H groups in total. The van der Waals surface area contributed by atoms with Crippen LogP contribution in [-0.2, 0) is 24.3 Å². The van der Waals surface area contributed by atoms with E-state index >= 15 is 0 Å².